The van der Waals surface area contributed by atoms with Crippen molar-refractivity contribution in [3.63, 3.8) is 0 Å². The van der Waals surface area contributed by atoms with Gasteiger partial charge < -0.3 is 5.73 Å². The lowest BCUT2D eigenvalue weighted by Gasteiger charge is -2.05. The van der Waals surface area contributed by atoms with Crippen LogP contribution in [0.5, 0.6) is 0 Å². The van der Waals surface area contributed by atoms with Crippen molar-refractivity contribution in [1.82, 2.24) is 4.98 Å². The predicted molar refractivity (Wildman–Crippen MR) is 43.7 cm³/mol. The van der Waals surface area contributed by atoms with E-state index in [1.54, 1.807) is 0 Å². The summed E-state index contributed by atoms with van der Waals surface area (Å²) in [5.74, 6) is 0. The van der Waals surface area contributed by atoms with Crippen LogP contribution < -0.4 is 5.73 Å². The molecule has 1 rings (SSSR count). The van der Waals surface area contributed by atoms with Gasteiger partial charge in [-0.2, -0.15) is 5.26 Å². The summed E-state index contributed by atoms with van der Waals surface area (Å²) in [6, 6.07) is 2.47. The molecule has 0 spiro atoms. The highest BCUT2D eigenvalue weighted by atomic mass is 19.3. The van der Waals surface area contributed by atoms with Crippen LogP contribution in [0.15, 0.2) is 6.07 Å². The molecule has 14 heavy (non-hydrogen) atoms. The maximum Gasteiger partial charge on any atom is 0.268 e. The fourth-order valence-corrected chi connectivity index (χ4v) is 0.970. The smallest absolute Gasteiger partial charge is 0.268 e. The number of nitrogen functional groups attached to an aromatic ring is 1. The number of anilines is 1. The number of nitrogens with two attached hydrogens (primary N) is 1. The van der Waals surface area contributed by atoms with Crippen LogP contribution in [0.2, 0.25) is 0 Å². The van der Waals surface area contributed by atoms with E-state index in [4.69, 9.17) is 11.0 Å². The van der Waals surface area contributed by atoms with Gasteiger partial charge in [0.15, 0.2) is 12.0 Å². The van der Waals surface area contributed by atoms with Crippen LogP contribution in [0.4, 0.5) is 14.5 Å². The van der Waals surface area contributed by atoms with Crippen LogP contribution in [0.3, 0.4) is 0 Å². The second-order valence-corrected chi connectivity index (χ2v) is 2.43. The molecule has 4 nitrogen and oxygen atoms in total. The molecular formula is C8H5F2N3O. The lowest BCUT2D eigenvalue weighted by atomic mass is 10.1. The molecule has 0 aliphatic rings. The lowest BCUT2D eigenvalue weighted by molar-refractivity contribution is 0.111. The van der Waals surface area contributed by atoms with E-state index in [2.05, 4.69) is 4.98 Å². The Morgan fingerprint density at radius 1 is 1.64 bits per heavy atom. The number of nitriles is 1. The van der Waals surface area contributed by atoms with Crippen LogP contribution in [0.25, 0.3) is 0 Å². The molecule has 72 valence electrons. The average Bonchev–Trinajstić information content (AvgIpc) is 2.15. The molecule has 0 atom stereocenters. The van der Waals surface area contributed by atoms with Gasteiger partial charge in [-0.3, -0.25) is 4.79 Å². The minimum atomic E-state index is -2.88. The number of pyridine rings is 1. The number of halogens is 2. The van der Waals surface area contributed by atoms with Crippen molar-refractivity contribution in [3.05, 3.63) is 23.0 Å². The van der Waals surface area contributed by atoms with Gasteiger partial charge in [0.1, 0.15) is 11.8 Å². The van der Waals surface area contributed by atoms with Crippen LogP contribution in [0.1, 0.15) is 28.2 Å². The van der Waals surface area contributed by atoms with E-state index in [0.29, 0.717) is 6.29 Å². The molecule has 2 N–H and O–H groups in total. The molecule has 0 radical (unpaired) electrons. The zero-order valence-electron chi connectivity index (χ0n) is 6.87. The van der Waals surface area contributed by atoms with Crippen molar-refractivity contribution in [1.29, 1.82) is 5.26 Å². The molecule has 0 unspecified atom stereocenters. The Labute approximate surface area is 78.0 Å². The lowest BCUT2D eigenvalue weighted by Crippen LogP contribution is -2.03. The van der Waals surface area contributed by atoms with Gasteiger partial charge in [0, 0.05) is 5.69 Å². The molecule has 0 aliphatic heterocycles. The van der Waals surface area contributed by atoms with E-state index < -0.39 is 17.7 Å². The number of carbonyl (C=O) groups is 1. The van der Waals surface area contributed by atoms with Crippen LogP contribution in [0, 0.1) is 11.3 Å². The SMILES string of the molecule is N#Cc1nc(C=O)cc(N)c1C(F)F. The van der Waals surface area contributed by atoms with Gasteiger partial charge in [0.2, 0.25) is 0 Å². The third kappa shape index (κ3) is 1.66. The molecule has 0 saturated heterocycles. The van der Waals surface area contributed by atoms with Gasteiger partial charge in [0.05, 0.1) is 5.56 Å². The van der Waals surface area contributed by atoms with Crippen molar-refractivity contribution in [2.24, 2.45) is 0 Å². The standard InChI is InChI=1S/C8H5F2N3O/c9-8(10)7-5(12)1-4(3-14)13-6(7)2-11/h1,3,8H,(H2,12,13). The summed E-state index contributed by atoms with van der Waals surface area (Å²) in [5, 5.41) is 8.49. The summed E-state index contributed by atoms with van der Waals surface area (Å²) in [6.07, 6.45) is -2.54. The quantitative estimate of drug-likeness (QED) is 0.724. The number of alkyl halides is 2. The first-order valence-corrected chi connectivity index (χ1v) is 3.54. The van der Waals surface area contributed by atoms with E-state index >= 15 is 0 Å². The highest BCUT2D eigenvalue weighted by molar-refractivity contribution is 5.75. The van der Waals surface area contributed by atoms with Gasteiger partial charge in [0.25, 0.3) is 6.43 Å². The molecule has 1 heterocycles. The number of hydrogen-bond donors (Lipinski definition) is 1. The van der Waals surface area contributed by atoms with Gasteiger partial charge in [-0.25, -0.2) is 13.8 Å². The molecule has 0 amide bonds. The van der Waals surface area contributed by atoms with Crippen LogP contribution in [-0.4, -0.2) is 11.3 Å². The highest BCUT2D eigenvalue weighted by Gasteiger charge is 2.18. The van der Waals surface area contributed by atoms with Crippen molar-refractivity contribution in [2.45, 2.75) is 6.43 Å². The second-order valence-electron chi connectivity index (χ2n) is 2.43. The molecule has 0 bridgehead atoms. The largest absolute Gasteiger partial charge is 0.398 e. The number of hydrogen-bond acceptors (Lipinski definition) is 4. The Hall–Kier alpha value is -2.03. The number of nitrogens with zero attached hydrogens (tertiary/aromatic N) is 2. The monoisotopic (exact) mass is 197 g/mol. The van der Waals surface area contributed by atoms with E-state index in [-0.39, 0.29) is 11.4 Å². The van der Waals surface area contributed by atoms with E-state index in [9.17, 15) is 13.6 Å². The maximum absolute atomic E-state index is 12.4. The molecule has 0 fully saturated rings. The third-order valence-electron chi connectivity index (χ3n) is 1.56. The zero-order chi connectivity index (χ0) is 10.7. The van der Waals surface area contributed by atoms with Gasteiger partial charge >= 0.3 is 0 Å². The normalized spacial score (nSPS) is 9.86. The number of carbonyl (C=O) groups excluding carboxylic acids is 1. The van der Waals surface area contributed by atoms with Crippen molar-refractivity contribution >= 4 is 12.0 Å². The predicted octanol–water partition coefficient (Wildman–Crippen LogP) is 1.29. The molecule has 1 aromatic heterocycles. The fraction of sp³-hybridized carbons (Fsp3) is 0.125. The molecule has 0 aliphatic carbocycles. The Balaban J connectivity index is 3.44. The molecule has 0 saturated carbocycles. The summed E-state index contributed by atoms with van der Waals surface area (Å²) < 4.78 is 24.7. The summed E-state index contributed by atoms with van der Waals surface area (Å²) in [7, 11) is 0. The first-order valence-electron chi connectivity index (χ1n) is 3.54. The fourth-order valence-electron chi connectivity index (χ4n) is 0.970. The molecule has 1 aromatic rings. The Morgan fingerprint density at radius 2 is 2.29 bits per heavy atom. The van der Waals surface area contributed by atoms with E-state index in [0.717, 1.165) is 6.07 Å². The number of rotatable bonds is 2. The summed E-state index contributed by atoms with van der Waals surface area (Å²) in [4.78, 5) is 13.7. The zero-order valence-corrected chi connectivity index (χ0v) is 6.87. The Kier molecular flexibility index (Phi) is 2.72. The van der Waals surface area contributed by atoms with E-state index in [1.807, 2.05) is 0 Å². The summed E-state index contributed by atoms with van der Waals surface area (Å²) in [5.41, 5.74) is 3.67. The van der Waals surface area contributed by atoms with Gasteiger partial charge in [-0.1, -0.05) is 0 Å². The van der Waals surface area contributed by atoms with Crippen molar-refractivity contribution in [3.8, 4) is 6.07 Å². The van der Waals surface area contributed by atoms with Crippen LogP contribution >= 0.6 is 0 Å². The Morgan fingerprint density at radius 3 is 2.71 bits per heavy atom. The molecule has 6 heteroatoms. The van der Waals surface area contributed by atoms with Gasteiger partial charge in [-0.05, 0) is 6.07 Å². The van der Waals surface area contributed by atoms with Crippen molar-refractivity contribution in [2.75, 3.05) is 5.73 Å². The average molecular weight is 197 g/mol. The summed E-state index contributed by atoms with van der Waals surface area (Å²) >= 11 is 0. The second kappa shape index (κ2) is 3.79. The first kappa shape index (κ1) is 10.1. The third-order valence-corrected chi connectivity index (χ3v) is 1.56. The highest BCUT2D eigenvalue weighted by Crippen LogP contribution is 2.27. The van der Waals surface area contributed by atoms with Gasteiger partial charge in [-0.15, -0.1) is 0 Å². The molecular weight excluding hydrogens is 192 g/mol. The van der Waals surface area contributed by atoms with Crippen molar-refractivity contribution < 1.29 is 13.6 Å². The minimum absolute atomic E-state index is 0.136. The number of aldehydes is 1. The Bertz CT molecular complexity index is 412. The summed E-state index contributed by atoms with van der Waals surface area (Å²) in [6.45, 7) is 0. The van der Waals surface area contributed by atoms with Crippen LogP contribution in [-0.2, 0) is 0 Å². The minimum Gasteiger partial charge on any atom is -0.398 e. The first-order chi connectivity index (χ1) is 6.60. The topological polar surface area (TPSA) is 79.8 Å². The maximum atomic E-state index is 12.4. The molecule has 0 aromatic carbocycles. The van der Waals surface area contributed by atoms with E-state index in [1.165, 1.54) is 6.07 Å². The number of aromatic nitrogens is 1.